The fraction of sp³-hybridized carbons (Fsp3) is 0.167. The first-order chi connectivity index (χ1) is 12.8. The van der Waals surface area contributed by atoms with E-state index in [-0.39, 0.29) is 0 Å². The molecule has 3 heterocycles. The first-order valence-corrected chi connectivity index (χ1v) is 8.72. The highest BCUT2D eigenvalue weighted by atomic mass is 32.1. The van der Waals surface area contributed by atoms with Gasteiger partial charge in [0.05, 0.1) is 13.7 Å². The molecule has 4 aromatic rings. The van der Waals surface area contributed by atoms with Gasteiger partial charge in [-0.25, -0.2) is 4.98 Å². The van der Waals surface area contributed by atoms with Gasteiger partial charge in [0.15, 0.2) is 0 Å². The van der Waals surface area contributed by atoms with E-state index in [2.05, 4.69) is 26.5 Å². The average Bonchev–Trinajstić information content (AvgIpc) is 3.06. The summed E-state index contributed by atoms with van der Waals surface area (Å²) in [4.78, 5) is 5.25. The lowest BCUT2D eigenvalue weighted by molar-refractivity contribution is 0.327. The van der Waals surface area contributed by atoms with Gasteiger partial charge in [-0.05, 0) is 17.7 Å². The summed E-state index contributed by atoms with van der Waals surface area (Å²) in [6.07, 6.45) is 0. The molecule has 128 valence electrons. The molecule has 0 fully saturated rings. The lowest BCUT2D eigenvalue weighted by atomic mass is 9.98. The maximum atomic E-state index is 9.82. The van der Waals surface area contributed by atoms with Gasteiger partial charge < -0.3 is 9.47 Å². The van der Waals surface area contributed by atoms with E-state index >= 15 is 0 Å². The minimum Gasteiger partial charge on any atom is -0.479 e. The minimum absolute atomic E-state index is 0.313. The molecule has 0 atom stereocenters. The number of methoxy groups -OCH3 is 1. The fourth-order valence-electron chi connectivity index (χ4n) is 2.86. The van der Waals surface area contributed by atoms with Crippen LogP contribution in [0.1, 0.15) is 12.5 Å². The van der Waals surface area contributed by atoms with Crippen LogP contribution in [0.15, 0.2) is 30.3 Å². The number of nitriles is 1. The Morgan fingerprint density at radius 2 is 1.96 bits per heavy atom. The van der Waals surface area contributed by atoms with Crippen molar-refractivity contribution in [1.29, 1.82) is 5.26 Å². The zero-order valence-electron chi connectivity index (χ0n) is 14.1. The molecule has 7 nitrogen and oxygen atoms in total. The fourth-order valence-corrected chi connectivity index (χ4v) is 3.93. The Morgan fingerprint density at radius 3 is 2.65 bits per heavy atom. The van der Waals surface area contributed by atoms with E-state index in [9.17, 15) is 5.26 Å². The third-order valence-corrected chi connectivity index (χ3v) is 4.97. The number of aromatic nitrogens is 4. The molecule has 0 aliphatic rings. The molecule has 3 aromatic heterocycles. The van der Waals surface area contributed by atoms with Crippen molar-refractivity contribution in [2.45, 2.75) is 6.92 Å². The van der Waals surface area contributed by atoms with Crippen molar-refractivity contribution in [2.75, 3.05) is 13.7 Å². The van der Waals surface area contributed by atoms with Crippen molar-refractivity contribution >= 4 is 31.8 Å². The van der Waals surface area contributed by atoms with Crippen molar-refractivity contribution in [3.05, 3.63) is 35.9 Å². The van der Waals surface area contributed by atoms with E-state index in [0.29, 0.717) is 34.3 Å². The van der Waals surface area contributed by atoms with Crippen LogP contribution in [-0.2, 0) is 0 Å². The van der Waals surface area contributed by atoms with E-state index < -0.39 is 0 Å². The Morgan fingerprint density at radius 1 is 1.15 bits per heavy atom. The van der Waals surface area contributed by atoms with Crippen molar-refractivity contribution in [3.8, 4) is 29.0 Å². The molecule has 4 rings (SSSR count). The van der Waals surface area contributed by atoms with Gasteiger partial charge in [0.25, 0.3) is 5.88 Å². The molecule has 0 bridgehead atoms. The number of rotatable bonds is 4. The predicted molar refractivity (Wildman–Crippen MR) is 98.4 cm³/mol. The number of nitrogens with zero attached hydrogens (tertiary/aromatic N) is 5. The molecule has 8 heteroatoms. The Labute approximate surface area is 152 Å². The van der Waals surface area contributed by atoms with Crippen LogP contribution in [0.5, 0.6) is 11.8 Å². The summed E-state index contributed by atoms with van der Waals surface area (Å²) >= 11 is 1.39. The van der Waals surface area contributed by atoms with Crippen LogP contribution in [0.3, 0.4) is 0 Å². The number of hydrogen-bond acceptors (Lipinski definition) is 8. The van der Waals surface area contributed by atoms with E-state index in [0.717, 1.165) is 21.2 Å². The van der Waals surface area contributed by atoms with Gasteiger partial charge >= 0.3 is 0 Å². The first-order valence-electron chi connectivity index (χ1n) is 7.90. The van der Waals surface area contributed by atoms with Crippen LogP contribution < -0.4 is 9.47 Å². The standard InChI is InChI=1S/C18H13N5O2S/c1-3-25-16-11(9-19)12(10-7-5-4-6-8-10)13-14-15(26-18(13)20-16)17(24-2)22-23-21-14/h4-8H,3H2,1-2H3. The SMILES string of the molecule is CCOc1nc2sc3c(OC)nnnc3c2c(-c2ccccc2)c1C#N. The second kappa shape index (κ2) is 6.54. The highest BCUT2D eigenvalue weighted by molar-refractivity contribution is 7.25. The largest absolute Gasteiger partial charge is 0.479 e. The third-order valence-electron chi connectivity index (χ3n) is 3.90. The number of benzene rings is 1. The molecular weight excluding hydrogens is 350 g/mol. The van der Waals surface area contributed by atoms with E-state index in [1.807, 2.05) is 37.3 Å². The predicted octanol–water partition coefficient (Wildman–Crippen LogP) is 3.58. The number of fused-ring (bicyclic) bond motifs is 3. The average molecular weight is 363 g/mol. The molecular formula is C18H13N5O2S. The zero-order valence-corrected chi connectivity index (χ0v) is 14.9. The molecule has 0 saturated heterocycles. The molecule has 0 aliphatic carbocycles. The summed E-state index contributed by atoms with van der Waals surface area (Å²) in [6.45, 7) is 2.27. The van der Waals surface area contributed by atoms with Crippen molar-refractivity contribution in [3.63, 3.8) is 0 Å². The zero-order chi connectivity index (χ0) is 18.1. The van der Waals surface area contributed by atoms with E-state index in [1.165, 1.54) is 18.4 Å². The van der Waals surface area contributed by atoms with E-state index in [4.69, 9.17) is 9.47 Å². The van der Waals surface area contributed by atoms with Gasteiger partial charge in [-0.1, -0.05) is 35.4 Å². The molecule has 0 unspecified atom stereocenters. The van der Waals surface area contributed by atoms with Crippen molar-refractivity contribution in [2.24, 2.45) is 0 Å². The molecule has 1 aromatic carbocycles. The van der Waals surface area contributed by atoms with Crippen molar-refractivity contribution in [1.82, 2.24) is 20.4 Å². The molecule has 0 amide bonds. The maximum absolute atomic E-state index is 9.82. The number of ether oxygens (including phenoxy) is 2. The Kier molecular flexibility index (Phi) is 4.07. The molecule has 0 saturated carbocycles. The summed E-state index contributed by atoms with van der Waals surface area (Å²) in [5.74, 6) is 0.696. The van der Waals surface area contributed by atoms with E-state index in [1.54, 1.807) is 0 Å². The molecule has 0 spiro atoms. The summed E-state index contributed by atoms with van der Waals surface area (Å²) < 4.78 is 11.7. The lowest BCUT2D eigenvalue weighted by Crippen LogP contribution is -2.00. The summed E-state index contributed by atoms with van der Waals surface area (Å²) in [7, 11) is 1.53. The Hall–Kier alpha value is -3.31. The van der Waals surface area contributed by atoms with Gasteiger partial charge in [0, 0.05) is 10.9 Å². The van der Waals surface area contributed by atoms with Gasteiger partial charge in [-0.3, -0.25) is 0 Å². The monoisotopic (exact) mass is 363 g/mol. The van der Waals surface area contributed by atoms with Crippen LogP contribution in [0.2, 0.25) is 0 Å². The number of thiophene rings is 1. The molecule has 0 N–H and O–H groups in total. The van der Waals surface area contributed by atoms with Gasteiger partial charge in [0.1, 0.15) is 26.7 Å². The van der Waals surface area contributed by atoms with Crippen LogP contribution in [0, 0.1) is 11.3 Å². The van der Waals surface area contributed by atoms with Crippen LogP contribution >= 0.6 is 11.3 Å². The van der Waals surface area contributed by atoms with Crippen LogP contribution in [-0.4, -0.2) is 34.1 Å². The highest BCUT2D eigenvalue weighted by Crippen LogP contribution is 2.44. The summed E-state index contributed by atoms with van der Waals surface area (Å²) in [5.41, 5.74) is 2.61. The minimum atomic E-state index is 0.313. The maximum Gasteiger partial charge on any atom is 0.254 e. The van der Waals surface area contributed by atoms with Crippen LogP contribution in [0.25, 0.3) is 31.6 Å². The lowest BCUT2D eigenvalue weighted by Gasteiger charge is -2.11. The summed E-state index contributed by atoms with van der Waals surface area (Å²) in [5, 5.41) is 22.5. The van der Waals surface area contributed by atoms with Crippen LogP contribution in [0.4, 0.5) is 0 Å². The van der Waals surface area contributed by atoms with Gasteiger partial charge in [0.2, 0.25) is 5.88 Å². The molecule has 26 heavy (non-hydrogen) atoms. The number of pyridine rings is 1. The third kappa shape index (κ3) is 2.41. The molecule has 0 aliphatic heterocycles. The highest BCUT2D eigenvalue weighted by Gasteiger charge is 2.24. The topological polar surface area (TPSA) is 93.8 Å². The van der Waals surface area contributed by atoms with Gasteiger partial charge in [-0.15, -0.1) is 16.4 Å². The van der Waals surface area contributed by atoms with Gasteiger partial charge in [-0.2, -0.15) is 5.26 Å². The Balaban J connectivity index is 2.21. The summed E-state index contributed by atoms with van der Waals surface area (Å²) in [6, 6.07) is 11.9. The smallest absolute Gasteiger partial charge is 0.254 e. The van der Waals surface area contributed by atoms with Crippen molar-refractivity contribution < 1.29 is 9.47 Å². The first kappa shape index (κ1) is 16.2. The second-order valence-electron chi connectivity index (χ2n) is 5.34. The Bertz CT molecular complexity index is 1150. The quantitative estimate of drug-likeness (QED) is 0.547. The molecule has 0 radical (unpaired) electrons. The number of hydrogen-bond donors (Lipinski definition) is 0. The normalized spacial score (nSPS) is 10.8. The second-order valence-corrected chi connectivity index (χ2v) is 6.34.